The molecule has 110 valence electrons. The van der Waals surface area contributed by atoms with Gasteiger partial charge in [0.2, 0.25) is 0 Å². The first kappa shape index (κ1) is 15.3. The lowest BCUT2D eigenvalue weighted by molar-refractivity contribution is -0.145. The number of pyridine rings is 1. The molecule has 0 N–H and O–H groups in total. The topological polar surface area (TPSA) is 42.4 Å². The minimum absolute atomic E-state index is 0.0213. The zero-order valence-electron chi connectivity index (χ0n) is 12.4. The SMILES string of the molecule is COC(=O)C1CN(C(C)(C)C)CC1c1ccc(Cl)cn1. The predicted molar refractivity (Wildman–Crippen MR) is 78.8 cm³/mol. The molecule has 0 saturated carbocycles. The van der Waals surface area contributed by atoms with E-state index in [1.807, 2.05) is 12.1 Å². The van der Waals surface area contributed by atoms with E-state index in [0.29, 0.717) is 11.6 Å². The van der Waals surface area contributed by atoms with Gasteiger partial charge in [-0.25, -0.2) is 0 Å². The predicted octanol–water partition coefficient (Wildman–Crippen LogP) is 2.72. The summed E-state index contributed by atoms with van der Waals surface area (Å²) in [5.74, 6) is -0.287. The summed E-state index contributed by atoms with van der Waals surface area (Å²) in [6, 6.07) is 3.72. The Labute approximate surface area is 125 Å². The largest absolute Gasteiger partial charge is 0.469 e. The Morgan fingerprint density at radius 1 is 1.40 bits per heavy atom. The third kappa shape index (κ3) is 3.13. The Morgan fingerprint density at radius 2 is 2.10 bits per heavy atom. The average Bonchev–Trinajstić information content (AvgIpc) is 2.83. The lowest BCUT2D eigenvalue weighted by atomic mass is 9.92. The van der Waals surface area contributed by atoms with Gasteiger partial charge in [-0.05, 0) is 32.9 Å². The summed E-state index contributed by atoms with van der Waals surface area (Å²) in [5, 5.41) is 0.606. The number of nitrogens with zero attached hydrogens (tertiary/aromatic N) is 2. The number of carbonyl (C=O) groups is 1. The molecule has 1 saturated heterocycles. The van der Waals surface area contributed by atoms with Crippen LogP contribution in [0.3, 0.4) is 0 Å². The second kappa shape index (κ2) is 5.70. The summed E-state index contributed by atoms with van der Waals surface area (Å²) in [4.78, 5) is 18.7. The quantitative estimate of drug-likeness (QED) is 0.787. The van der Waals surface area contributed by atoms with E-state index >= 15 is 0 Å². The summed E-state index contributed by atoms with van der Waals surface area (Å²) in [5.41, 5.74) is 0.921. The highest BCUT2D eigenvalue weighted by Gasteiger charge is 2.43. The first-order chi connectivity index (χ1) is 9.32. The van der Waals surface area contributed by atoms with Gasteiger partial charge in [-0.2, -0.15) is 0 Å². The van der Waals surface area contributed by atoms with Crippen LogP contribution in [0.15, 0.2) is 18.3 Å². The Hall–Kier alpha value is -1.13. The number of aromatic nitrogens is 1. The van der Waals surface area contributed by atoms with E-state index < -0.39 is 0 Å². The molecule has 1 aromatic heterocycles. The summed E-state index contributed by atoms with van der Waals surface area (Å²) in [7, 11) is 1.44. The maximum Gasteiger partial charge on any atom is 0.310 e. The van der Waals surface area contributed by atoms with Crippen molar-refractivity contribution in [1.82, 2.24) is 9.88 Å². The maximum atomic E-state index is 12.0. The van der Waals surface area contributed by atoms with Gasteiger partial charge in [0.25, 0.3) is 0 Å². The molecule has 1 fully saturated rings. The Bertz CT molecular complexity index is 482. The Balaban J connectivity index is 2.28. The van der Waals surface area contributed by atoms with Crippen molar-refractivity contribution in [2.45, 2.75) is 32.2 Å². The second-order valence-electron chi connectivity index (χ2n) is 6.21. The maximum absolute atomic E-state index is 12.0. The van der Waals surface area contributed by atoms with Gasteiger partial charge < -0.3 is 4.74 Å². The summed E-state index contributed by atoms with van der Waals surface area (Å²) < 4.78 is 4.95. The number of methoxy groups -OCH3 is 1. The van der Waals surface area contributed by atoms with Crippen molar-refractivity contribution in [1.29, 1.82) is 0 Å². The van der Waals surface area contributed by atoms with E-state index in [9.17, 15) is 4.79 Å². The second-order valence-corrected chi connectivity index (χ2v) is 6.65. The van der Waals surface area contributed by atoms with Crippen molar-refractivity contribution in [2.75, 3.05) is 20.2 Å². The van der Waals surface area contributed by atoms with E-state index in [-0.39, 0.29) is 23.3 Å². The molecule has 0 aromatic carbocycles. The third-order valence-corrected chi connectivity index (χ3v) is 4.13. The smallest absolute Gasteiger partial charge is 0.310 e. The van der Waals surface area contributed by atoms with Gasteiger partial charge in [0.05, 0.1) is 18.1 Å². The molecule has 2 rings (SSSR count). The van der Waals surface area contributed by atoms with E-state index in [0.717, 1.165) is 12.2 Å². The van der Waals surface area contributed by atoms with E-state index in [1.165, 1.54) is 7.11 Å². The highest BCUT2D eigenvalue weighted by molar-refractivity contribution is 6.30. The summed E-state index contributed by atoms with van der Waals surface area (Å²) >= 11 is 5.88. The van der Waals surface area contributed by atoms with Crippen LogP contribution in [0.1, 0.15) is 32.4 Å². The number of rotatable bonds is 2. The molecule has 2 heterocycles. The first-order valence-corrected chi connectivity index (χ1v) is 7.15. The monoisotopic (exact) mass is 296 g/mol. The van der Waals surface area contributed by atoms with Gasteiger partial charge in [-0.1, -0.05) is 11.6 Å². The van der Waals surface area contributed by atoms with Crippen molar-refractivity contribution < 1.29 is 9.53 Å². The van der Waals surface area contributed by atoms with Gasteiger partial charge in [0.15, 0.2) is 0 Å². The number of halogens is 1. The summed E-state index contributed by atoms with van der Waals surface area (Å²) in [6.07, 6.45) is 1.63. The Morgan fingerprint density at radius 3 is 2.60 bits per heavy atom. The van der Waals surface area contributed by atoms with Gasteiger partial charge >= 0.3 is 5.97 Å². The molecule has 4 nitrogen and oxygen atoms in total. The lowest BCUT2D eigenvalue weighted by Crippen LogP contribution is -2.40. The normalized spacial score (nSPS) is 23.9. The molecule has 0 amide bonds. The van der Waals surface area contributed by atoms with Gasteiger partial charge in [-0.15, -0.1) is 0 Å². The molecular weight excluding hydrogens is 276 g/mol. The van der Waals surface area contributed by atoms with E-state index in [2.05, 4.69) is 30.7 Å². The molecule has 1 aromatic rings. The van der Waals surface area contributed by atoms with Crippen LogP contribution in [-0.4, -0.2) is 41.6 Å². The van der Waals surface area contributed by atoms with Crippen LogP contribution in [0.25, 0.3) is 0 Å². The average molecular weight is 297 g/mol. The minimum atomic E-state index is -0.173. The van der Waals surface area contributed by atoms with Gasteiger partial charge in [0.1, 0.15) is 0 Å². The van der Waals surface area contributed by atoms with Crippen LogP contribution >= 0.6 is 11.6 Å². The molecule has 0 bridgehead atoms. The third-order valence-electron chi connectivity index (χ3n) is 3.90. The number of likely N-dealkylation sites (tertiary alicyclic amines) is 1. The molecule has 1 aliphatic rings. The minimum Gasteiger partial charge on any atom is -0.469 e. The van der Waals surface area contributed by atoms with Crippen molar-refractivity contribution in [3.8, 4) is 0 Å². The highest BCUT2D eigenvalue weighted by Crippen LogP contribution is 2.36. The summed E-state index contributed by atoms with van der Waals surface area (Å²) in [6.45, 7) is 7.96. The highest BCUT2D eigenvalue weighted by atomic mass is 35.5. The van der Waals surface area contributed by atoms with Crippen LogP contribution in [0.5, 0.6) is 0 Å². The standard InChI is InChI=1S/C15H21ClN2O2/c1-15(2,3)18-8-11(12(9-18)14(19)20-4)13-6-5-10(16)7-17-13/h5-7,11-12H,8-9H2,1-4H3. The Kier molecular flexibility index (Phi) is 4.35. The van der Waals surface area contributed by atoms with Crippen LogP contribution < -0.4 is 0 Å². The molecule has 1 aliphatic heterocycles. The lowest BCUT2D eigenvalue weighted by Gasteiger charge is -2.31. The zero-order chi connectivity index (χ0) is 14.9. The fraction of sp³-hybridized carbons (Fsp3) is 0.600. The molecule has 0 aliphatic carbocycles. The molecular formula is C15H21ClN2O2. The van der Waals surface area contributed by atoms with Crippen molar-refractivity contribution in [3.05, 3.63) is 29.0 Å². The number of hydrogen-bond acceptors (Lipinski definition) is 4. The number of ether oxygens (including phenoxy) is 1. The fourth-order valence-corrected chi connectivity index (χ4v) is 2.76. The first-order valence-electron chi connectivity index (χ1n) is 6.77. The van der Waals surface area contributed by atoms with Crippen molar-refractivity contribution in [2.24, 2.45) is 5.92 Å². The number of hydrogen-bond donors (Lipinski definition) is 0. The molecule has 0 spiro atoms. The van der Waals surface area contributed by atoms with Gasteiger partial charge in [0, 0.05) is 36.4 Å². The van der Waals surface area contributed by atoms with Crippen LogP contribution in [-0.2, 0) is 9.53 Å². The molecule has 2 unspecified atom stereocenters. The van der Waals surface area contributed by atoms with Crippen LogP contribution in [0.4, 0.5) is 0 Å². The van der Waals surface area contributed by atoms with Gasteiger partial charge in [-0.3, -0.25) is 14.7 Å². The van der Waals surface area contributed by atoms with Crippen molar-refractivity contribution in [3.63, 3.8) is 0 Å². The molecule has 20 heavy (non-hydrogen) atoms. The fourth-order valence-electron chi connectivity index (χ4n) is 2.65. The van der Waals surface area contributed by atoms with Crippen LogP contribution in [0, 0.1) is 5.92 Å². The number of esters is 1. The molecule has 5 heteroatoms. The van der Waals surface area contributed by atoms with E-state index in [1.54, 1.807) is 6.20 Å². The number of carbonyl (C=O) groups excluding carboxylic acids is 1. The zero-order valence-corrected chi connectivity index (χ0v) is 13.1. The van der Waals surface area contributed by atoms with E-state index in [4.69, 9.17) is 16.3 Å². The molecule has 0 radical (unpaired) electrons. The van der Waals surface area contributed by atoms with Crippen LogP contribution in [0.2, 0.25) is 5.02 Å². The molecule has 2 atom stereocenters. The van der Waals surface area contributed by atoms with Crippen molar-refractivity contribution >= 4 is 17.6 Å².